The highest BCUT2D eigenvalue weighted by molar-refractivity contribution is 7.19. The predicted molar refractivity (Wildman–Crippen MR) is 82.9 cm³/mol. The number of nitrogens with one attached hydrogen (secondary N) is 2. The quantitative estimate of drug-likeness (QED) is 0.607. The molecule has 1 heterocycles. The van der Waals surface area contributed by atoms with Crippen LogP contribution in [0.15, 0.2) is 0 Å². The third-order valence-electron chi connectivity index (χ3n) is 2.85. The Hall–Kier alpha value is -1.47. The Kier molecular flexibility index (Phi) is 7.17. The number of nitrogen functional groups attached to an aromatic ring is 1. The number of carbonyl (C=O) groups is 1. The third kappa shape index (κ3) is 4.28. The molecule has 0 saturated carbocycles. The summed E-state index contributed by atoms with van der Waals surface area (Å²) in [4.78, 5) is 12.2. The van der Waals surface area contributed by atoms with Crippen molar-refractivity contribution >= 4 is 27.9 Å². The Morgan fingerprint density at radius 3 is 2.65 bits per heavy atom. The Labute approximate surface area is 123 Å². The topological polar surface area (TPSA) is 85.6 Å². The van der Waals surface area contributed by atoms with Gasteiger partial charge in [-0.1, -0.05) is 0 Å². The third-order valence-corrected chi connectivity index (χ3v) is 3.99. The number of amides is 1. The molecule has 0 spiro atoms. The van der Waals surface area contributed by atoms with Crippen LogP contribution in [-0.2, 0) is 4.74 Å². The lowest BCUT2D eigenvalue weighted by molar-refractivity contribution is 0.0967. The molecule has 0 unspecified atom stereocenters. The molecule has 0 fully saturated rings. The van der Waals surface area contributed by atoms with Crippen molar-refractivity contribution in [3.05, 3.63) is 4.88 Å². The van der Waals surface area contributed by atoms with Crippen LogP contribution in [0.2, 0.25) is 0 Å². The molecule has 1 aromatic rings. The van der Waals surface area contributed by atoms with E-state index >= 15 is 0 Å². The average Bonchev–Trinajstić information content (AvgIpc) is 2.78. The van der Waals surface area contributed by atoms with Gasteiger partial charge < -0.3 is 25.8 Å². The molecule has 114 valence electrons. The largest absolute Gasteiger partial charge is 0.492 e. The number of rotatable bonds is 9. The summed E-state index contributed by atoms with van der Waals surface area (Å²) in [5, 5.41) is 6.65. The SMILES string of the molecule is CNC(=O)c1sc(NCCCCCOC)c(OC)c1N. The first-order valence-corrected chi connectivity index (χ1v) is 7.38. The summed E-state index contributed by atoms with van der Waals surface area (Å²) in [5.41, 5.74) is 6.32. The van der Waals surface area contributed by atoms with Crippen LogP contribution < -0.4 is 21.1 Å². The second-order valence-electron chi connectivity index (χ2n) is 4.27. The highest BCUT2D eigenvalue weighted by atomic mass is 32.1. The van der Waals surface area contributed by atoms with E-state index in [4.69, 9.17) is 15.2 Å². The second kappa shape index (κ2) is 8.65. The standard InChI is InChI=1S/C13H23N3O3S/c1-15-12(17)11-9(14)10(19-3)13(20-11)16-7-5-4-6-8-18-2/h16H,4-8,14H2,1-3H3,(H,15,17). The van der Waals surface area contributed by atoms with Crippen molar-refractivity contribution in [3.8, 4) is 5.75 Å². The molecular formula is C13H23N3O3S. The number of nitrogens with two attached hydrogens (primary N) is 1. The number of thiophene rings is 1. The van der Waals surface area contributed by atoms with E-state index < -0.39 is 0 Å². The lowest BCUT2D eigenvalue weighted by Gasteiger charge is -2.06. The molecule has 0 aliphatic carbocycles. The molecule has 0 aliphatic rings. The summed E-state index contributed by atoms with van der Waals surface area (Å²) in [5.74, 6) is 0.351. The minimum atomic E-state index is -0.195. The van der Waals surface area contributed by atoms with Crippen molar-refractivity contribution < 1.29 is 14.3 Å². The Balaban J connectivity index is 2.58. The number of carbonyl (C=O) groups excluding carboxylic acids is 1. The van der Waals surface area contributed by atoms with Crippen LogP contribution in [0.3, 0.4) is 0 Å². The molecule has 4 N–H and O–H groups in total. The van der Waals surface area contributed by atoms with Gasteiger partial charge in [-0.2, -0.15) is 0 Å². The van der Waals surface area contributed by atoms with E-state index in [2.05, 4.69) is 10.6 Å². The summed E-state index contributed by atoms with van der Waals surface area (Å²) in [7, 11) is 4.84. The van der Waals surface area contributed by atoms with Gasteiger partial charge in [0.2, 0.25) is 0 Å². The molecule has 0 radical (unpaired) electrons. The smallest absolute Gasteiger partial charge is 0.263 e. The first-order valence-electron chi connectivity index (χ1n) is 6.56. The molecule has 0 atom stereocenters. The van der Waals surface area contributed by atoms with Crippen molar-refractivity contribution in [2.75, 3.05) is 45.5 Å². The molecule has 0 saturated heterocycles. The van der Waals surface area contributed by atoms with Crippen molar-refractivity contribution in [2.45, 2.75) is 19.3 Å². The van der Waals surface area contributed by atoms with Crippen LogP contribution in [0, 0.1) is 0 Å². The molecule has 7 heteroatoms. The van der Waals surface area contributed by atoms with Crippen LogP contribution in [0.1, 0.15) is 28.9 Å². The van der Waals surface area contributed by atoms with Crippen LogP contribution in [0.5, 0.6) is 5.75 Å². The van der Waals surface area contributed by atoms with Gasteiger partial charge >= 0.3 is 0 Å². The van der Waals surface area contributed by atoms with Gasteiger partial charge in [0.25, 0.3) is 5.91 Å². The number of hydrogen-bond acceptors (Lipinski definition) is 6. The van der Waals surface area contributed by atoms with Crippen LogP contribution in [0.4, 0.5) is 10.7 Å². The first-order chi connectivity index (χ1) is 9.65. The van der Waals surface area contributed by atoms with Gasteiger partial charge in [0.1, 0.15) is 15.6 Å². The zero-order chi connectivity index (χ0) is 15.0. The fraction of sp³-hybridized carbons (Fsp3) is 0.615. The summed E-state index contributed by atoms with van der Waals surface area (Å²) in [6, 6.07) is 0. The normalized spacial score (nSPS) is 10.3. The monoisotopic (exact) mass is 301 g/mol. The van der Waals surface area contributed by atoms with Gasteiger partial charge in [-0.15, -0.1) is 11.3 Å². The fourth-order valence-electron chi connectivity index (χ4n) is 1.78. The molecule has 0 bridgehead atoms. The number of anilines is 2. The molecule has 20 heavy (non-hydrogen) atoms. The second-order valence-corrected chi connectivity index (χ2v) is 5.29. The van der Waals surface area contributed by atoms with E-state index in [0.717, 1.165) is 37.4 Å². The lowest BCUT2D eigenvalue weighted by atomic mass is 10.2. The van der Waals surface area contributed by atoms with Gasteiger partial charge in [0, 0.05) is 27.3 Å². The van der Waals surface area contributed by atoms with E-state index in [-0.39, 0.29) is 5.91 Å². The number of unbranched alkanes of at least 4 members (excludes halogenated alkanes) is 2. The lowest BCUT2D eigenvalue weighted by Crippen LogP contribution is -2.17. The Morgan fingerprint density at radius 1 is 1.30 bits per heavy atom. The van der Waals surface area contributed by atoms with Crippen molar-refractivity contribution in [1.82, 2.24) is 5.32 Å². The van der Waals surface area contributed by atoms with Crippen LogP contribution >= 0.6 is 11.3 Å². The van der Waals surface area contributed by atoms with Crippen molar-refractivity contribution in [1.29, 1.82) is 0 Å². The van der Waals surface area contributed by atoms with E-state index in [1.54, 1.807) is 21.3 Å². The summed E-state index contributed by atoms with van der Waals surface area (Å²) >= 11 is 1.31. The van der Waals surface area contributed by atoms with E-state index in [0.29, 0.717) is 16.3 Å². The molecule has 1 aromatic heterocycles. The van der Waals surface area contributed by atoms with Crippen LogP contribution in [-0.4, -0.2) is 40.3 Å². The molecular weight excluding hydrogens is 278 g/mol. The first kappa shape index (κ1) is 16.6. The molecule has 1 amide bonds. The number of methoxy groups -OCH3 is 2. The highest BCUT2D eigenvalue weighted by Crippen LogP contribution is 2.42. The number of hydrogen-bond donors (Lipinski definition) is 3. The maximum absolute atomic E-state index is 11.7. The fourth-order valence-corrected chi connectivity index (χ4v) is 2.84. The maximum atomic E-state index is 11.7. The van der Waals surface area contributed by atoms with E-state index in [1.807, 2.05) is 0 Å². The zero-order valence-electron chi connectivity index (χ0n) is 12.2. The number of ether oxygens (including phenoxy) is 2. The van der Waals surface area contributed by atoms with Gasteiger partial charge in [0.05, 0.1) is 7.11 Å². The molecule has 6 nitrogen and oxygen atoms in total. The van der Waals surface area contributed by atoms with Crippen LogP contribution in [0.25, 0.3) is 0 Å². The summed E-state index contributed by atoms with van der Waals surface area (Å²) < 4.78 is 10.3. The molecule has 0 aliphatic heterocycles. The van der Waals surface area contributed by atoms with Gasteiger partial charge in [-0.3, -0.25) is 4.79 Å². The highest BCUT2D eigenvalue weighted by Gasteiger charge is 2.20. The Bertz CT molecular complexity index is 435. The zero-order valence-corrected chi connectivity index (χ0v) is 13.1. The minimum absolute atomic E-state index is 0.195. The van der Waals surface area contributed by atoms with E-state index in [1.165, 1.54) is 11.3 Å². The van der Waals surface area contributed by atoms with Gasteiger partial charge in [0.15, 0.2) is 5.75 Å². The predicted octanol–water partition coefficient (Wildman–Crippen LogP) is 1.93. The van der Waals surface area contributed by atoms with Crippen molar-refractivity contribution in [2.24, 2.45) is 0 Å². The molecule has 1 rings (SSSR count). The Morgan fingerprint density at radius 2 is 2.05 bits per heavy atom. The van der Waals surface area contributed by atoms with E-state index in [9.17, 15) is 4.79 Å². The van der Waals surface area contributed by atoms with Gasteiger partial charge in [-0.05, 0) is 19.3 Å². The summed E-state index contributed by atoms with van der Waals surface area (Å²) in [6.07, 6.45) is 3.16. The summed E-state index contributed by atoms with van der Waals surface area (Å²) in [6.45, 7) is 1.60. The minimum Gasteiger partial charge on any atom is -0.492 e. The maximum Gasteiger partial charge on any atom is 0.263 e. The van der Waals surface area contributed by atoms with Gasteiger partial charge in [-0.25, -0.2) is 0 Å². The molecule has 0 aromatic carbocycles. The average molecular weight is 301 g/mol. The van der Waals surface area contributed by atoms with Crippen molar-refractivity contribution in [3.63, 3.8) is 0 Å².